The molecule has 1 atom stereocenters. The second-order valence-corrected chi connectivity index (χ2v) is 10.8. The molecule has 1 unspecified atom stereocenters. The van der Waals surface area contributed by atoms with Crippen LogP contribution in [0.4, 0.5) is 0 Å². The first-order valence-electron chi connectivity index (χ1n) is 19.3. The second kappa shape index (κ2) is 10.6. The van der Waals surface area contributed by atoms with Crippen LogP contribution in [0.3, 0.4) is 0 Å². The van der Waals surface area contributed by atoms with Crippen molar-refractivity contribution in [3.63, 3.8) is 0 Å². The zero-order valence-corrected chi connectivity index (χ0v) is 23.2. The monoisotopic (exact) mass is 558 g/mol. The van der Waals surface area contributed by atoms with Crippen LogP contribution >= 0.6 is 0 Å². The van der Waals surface area contributed by atoms with Crippen LogP contribution in [0.5, 0.6) is 0 Å². The molecule has 0 fully saturated rings. The average Bonchev–Trinajstić information content (AvgIpc) is 3.56. The molecule has 0 saturated heterocycles. The molecule has 0 N–H and O–H groups in total. The predicted molar refractivity (Wildman–Crippen MR) is 184 cm³/mol. The van der Waals surface area contributed by atoms with Crippen LogP contribution in [0.1, 0.15) is 49.5 Å². The van der Waals surface area contributed by atoms with Crippen LogP contribution in [0.25, 0.3) is 61.0 Å². The summed E-state index contributed by atoms with van der Waals surface area (Å²) in [6, 6.07) is 37.3. The van der Waals surface area contributed by atoms with Crippen molar-refractivity contribution in [3.05, 3.63) is 174 Å². The SMILES string of the molecule is [2H]c1c([2H])c([2H])c(-c2c3ccccc3c(-c3cccc(-c4cccc(C5C(C([2H])([2H])C([2H])([2H])[2H])=Cc6ccccc65)c4)c3)c3ccccc23)c([2H])c1[2H]. The summed E-state index contributed by atoms with van der Waals surface area (Å²) in [6.45, 7) is -2.85. The predicted octanol–water partition coefficient (Wildman–Crippen LogP) is 11.9. The van der Waals surface area contributed by atoms with Crippen LogP contribution in [0.2, 0.25) is 0 Å². The van der Waals surface area contributed by atoms with Crippen LogP contribution in [-0.2, 0) is 0 Å². The summed E-state index contributed by atoms with van der Waals surface area (Å²) in [5, 5.41) is 3.25. The Morgan fingerprint density at radius 3 is 1.86 bits per heavy atom. The topological polar surface area (TPSA) is 0 Å². The summed E-state index contributed by atoms with van der Waals surface area (Å²) in [5.74, 6) is -0.577. The zero-order valence-electron chi connectivity index (χ0n) is 33.2. The lowest BCUT2D eigenvalue weighted by Crippen LogP contribution is -2.01. The van der Waals surface area contributed by atoms with E-state index < -0.39 is 25.2 Å². The molecule has 0 saturated carbocycles. The van der Waals surface area contributed by atoms with Crippen molar-refractivity contribution >= 4 is 27.6 Å². The van der Waals surface area contributed by atoms with Gasteiger partial charge in [-0.15, -0.1) is 0 Å². The molecular weight excluding hydrogens is 516 g/mol. The highest BCUT2D eigenvalue weighted by atomic mass is 14.3. The Labute approximate surface area is 267 Å². The molecular formula is C43H32. The van der Waals surface area contributed by atoms with E-state index in [9.17, 15) is 0 Å². The van der Waals surface area contributed by atoms with Crippen molar-refractivity contribution < 1.29 is 13.7 Å². The van der Waals surface area contributed by atoms with E-state index in [1.165, 1.54) is 0 Å². The van der Waals surface area contributed by atoms with Gasteiger partial charge in [0.2, 0.25) is 0 Å². The van der Waals surface area contributed by atoms with Crippen LogP contribution in [0, 0.1) is 0 Å². The Balaban J connectivity index is 1.31. The molecule has 0 aliphatic heterocycles. The molecule has 7 aromatic carbocycles. The molecule has 1 aliphatic rings. The number of fused-ring (bicyclic) bond motifs is 3. The minimum atomic E-state index is -2.85. The van der Waals surface area contributed by atoms with Gasteiger partial charge >= 0.3 is 0 Å². The van der Waals surface area contributed by atoms with Crippen molar-refractivity contribution in [3.8, 4) is 33.4 Å². The lowest BCUT2D eigenvalue weighted by molar-refractivity contribution is 0.908. The molecule has 0 heteroatoms. The number of rotatable bonds is 5. The van der Waals surface area contributed by atoms with E-state index in [0.29, 0.717) is 5.56 Å². The van der Waals surface area contributed by atoms with Crippen molar-refractivity contribution in [2.75, 3.05) is 0 Å². The van der Waals surface area contributed by atoms with Gasteiger partial charge in [-0.1, -0.05) is 164 Å². The summed E-state index contributed by atoms with van der Waals surface area (Å²) in [5.41, 5.74) is 7.04. The van der Waals surface area contributed by atoms with Gasteiger partial charge in [0, 0.05) is 12.8 Å². The third-order valence-electron chi connectivity index (χ3n) is 8.46. The first-order valence-corrected chi connectivity index (χ1v) is 14.3. The molecule has 0 spiro atoms. The Morgan fingerprint density at radius 1 is 0.581 bits per heavy atom. The lowest BCUT2D eigenvalue weighted by atomic mass is 9.84. The summed E-state index contributed by atoms with van der Waals surface area (Å²) in [6.07, 6.45) is -0.861. The first-order chi connectivity index (χ1) is 25.3. The molecule has 8 rings (SSSR count). The van der Waals surface area contributed by atoms with Gasteiger partial charge in [0.1, 0.15) is 0 Å². The maximum absolute atomic E-state index is 8.84. The van der Waals surface area contributed by atoms with Gasteiger partial charge in [0.25, 0.3) is 0 Å². The van der Waals surface area contributed by atoms with E-state index in [-0.39, 0.29) is 35.3 Å². The van der Waals surface area contributed by atoms with Crippen LogP contribution < -0.4 is 0 Å². The lowest BCUT2D eigenvalue weighted by Gasteiger charge is -2.19. The fourth-order valence-electron chi connectivity index (χ4n) is 6.63. The second-order valence-electron chi connectivity index (χ2n) is 10.8. The molecule has 1 aliphatic carbocycles. The minimum absolute atomic E-state index is 0.158. The van der Waals surface area contributed by atoms with Crippen molar-refractivity contribution in [2.24, 2.45) is 0 Å². The van der Waals surface area contributed by atoms with Crippen molar-refractivity contribution in [1.29, 1.82) is 0 Å². The molecule has 0 amide bonds. The molecule has 0 aromatic heterocycles. The van der Waals surface area contributed by atoms with Gasteiger partial charge in [-0.25, -0.2) is 0 Å². The summed E-state index contributed by atoms with van der Waals surface area (Å²) in [4.78, 5) is 0. The number of hydrogen-bond donors (Lipinski definition) is 0. The Hall–Kier alpha value is -5.20. The highest BCUT2D eigenvalue weighted by molar-refractivity contribution is 6.21. The molecule has 204 valence electrons. The fourth-order valence-corrected chi connectivity index (χ4v) is 6.63. The molecule has 0 nitrogen and oxygen atoms in total. The molecule has 0 radical (unpaired) electrons. The van der Waals surface area contributed by atoms with E-state index >= 15 is 0 Å². The van der Waals surface area contributed by atoms with E-state index in [1.54, 1.807) is 6.08 Å². The van der Waals surface area contributed by atoms with E-state index in [1.807, 2.05) is 115 Å². The van der Waals surface area contributed by atoms with Crippen molar-refractivity contribution in [1.82, 2.24) is 0 Å². The summed E-state index contributed by atoms with van der Waals surface area (Å²) in [7, 11) is 0. The zero-order chi connectivity index (χ0) is 37.4. The Kier molecular flexibility index (Phi) is 4.19. The fraction of sp³-hybridized carbons (Fsp3) is 0.0698. The molecule has 43 heavy (non-hydrogen) atoms. The van der Waals surface area contributed by atoms with Crippen molar-refractivity contribution in [2.45, 2.75) is 19.1 Å². The Morgan fingerprint density at radius 2 is 1.16 bits per heavy atom. The van der Waals surface area contributed by atoms with Gasteiger partial charge in [0.15, 0.2) is 0 Å². The largest absolute Gasteiger partial charge is 0.0629 e. The van der Waals surface area contributed by atoms with E-state index in [0.717, 1.165) is 60.5 Å². The maximum Gasteiger partial charge on any atom is 0.0629 e. The standard InChI is InChI=1S/C43H32/c1-2-29-26-33-16-6-7-21-36(33)41(29)34-19-12-17-31(27-34)32-18-13-20-35(28-32)43-39-24-10-8-22-37(39)42(30-14-4-3-5-15-30)38-23-9-11-25-40(38)43/h3-28,41H,2H2,1H3/i1D3,2D2,3D,4D,5D,14D,15D. The number of allylic oxidation sites excluding steroid dienone is 1. The van der Waals surface area contributed by atoms with Crippen LogP contribution in [-0.4, -0.2) is 0 Å². The van der Waals surface area contributed by atoms with Gasteiger partial charge in [0.05, 0.1) is 6.85 Å². The van der Waals surface area contributed by atoms with E-state index in [2.05, 4.69) is 6.07 Å². The van der Waals surface area contributed by atoms with Gasteiger partial charge in [-0.05, 0) is 84.1 Å². The molecule has 7 aromatic rings. The number of hydrogen-bond acceptors (Lipinski definition) is 0. The first kappa shape index (κ1) is 17.0. The highest BCUT2D eigenvalue weighted by Gasteiger charge is 2.25. The normalized spacial score (nSPS) is 18.1. The highest BCUT2D eigenvalue weighted by Crippen LogP contribution is 2.45. The third kappa shape index (κ3) is 4.30. The minimum Gasteiger partial charge on any atom is -0.0622 e. The Bertz CT molecular complexity index is 2570. The molecule has 0 bridgehead atoms. The summed E-state index contributed by atoms with van der Waals surface area (Å²) < 4.78 is 84.2. The quantitative estimate of drug-likeness (QED) is 0.184. The molecule has 0 heterocycles. The van der Waals surface area contributed by atoms with E-state index in [4.69, 9.17) is 13.7 Å². The summed E-state index contributed by atoms with van der Waals surface area (Å²) >= 11 is 0. The van der Waals surface area contributed by atoms with Crippen LogP contribution in [0.15, 0.2) is 157 Å². The van der Waals surface area contributed by atoms with Gasteiger partial charge < -0.3 is 0 Å². The average molecular weight is 559 g/mol. The van der Waals surface area contributed by atoms with Gasteiger partial charge in [-0.3, -0.25) is 0 Å². The van der Waals surface area contributed by atoms with Gasteiger partial charge in [-0.2, -0.15) is 0 Å². The maximum atomic E-state index is 8.84. The smallest absolute Gasteiger partial charge is 0.0622 e. The third-order valence-corrected chi connectivity index (χ3v) is 8.46. The number of benzene rings is 7.